The Labute approximate surface area is 114 Å². The maximum absolute atomic E-state index is 10.6. The van der Waals surface area contributed by atoms with Gasteiger partial charge in [0, 0.05) is 17.4 Å². The van der Waals surface area contributed by atoms with Crippen LogP contribution in [0.2, 0.25) is 0 Å². The lowest BCUT2D eigenvalue weighted by Gasteiger charge is -2.14. The molecule has 1 aromatic carbocycles. The van der Waals surface area contributed by atoms with Gasteiger partial charge < -0.3 is 11.1 Å². The molecule has 3 N–H and O–H groups in total. The van der Waals surface area contributed by atoms with Gasteiger partial charge in [0.05, 0.1) is 0 Å². The Hall–Kier alpha value is -1.00. The quantitative estimate of drug-likeness (QED) is 0.562. The summed E-state index contributed by atoms with van der Waals surface area (Å²) in [4.78, 5) is 11.9. The number of benzene rings is 1. The minimum absolute atomic E-state index is 0.212. The molecule has 1 atom stereocenters. The zero-order valence-corrected chi connectivity index (χ0v) is 11.9. The van der Waals surface area contributed by atoms with E-state index in [2.05, 4.69) is 42.8 Å². The number of hydrogen-bond donors (Lipinski definition) is 2. The molecule has 3 nitrogen and oxygen atoms in total. The van der Waals surface area contributed by atoms with Gasteiger partial charge in [-0.05, 0) is 50.3 Å². The van der Waals surface area contributed by atoms with Gasteiger partial charge in [-0.25, -0.2) is 0 Å². The van der Waals surface area contributed by atoms with Crippen molar-refractivity contribution in [1.82, 2.24) is 5.32 Å². The van der Waals surface area contributed by atoms with E-state index in [0.717, 1.165) is 19.4 Å². The van der Waals surface area contributed by atoms with Crippen LogP contribution in [0.25, 0.3) is 0 Å². The Bertz CT molecular complexity index is 365. The van der Waals surface area contributed by atoms with E-state index in [0.29, 0.717) is 12.5 Å². The van der Waals surface area contributed by atoms with Crippen molar-refractivity contribution in [3.63, 3.8) is 0 Å². The number of rotatable bonds is 8. The Morgan fingerprint density at radius 1 is 1.33 bits per heavy atom. The van der Waals surface area contributed by atoms with Crippen LogP contribution >= 0.6 is 11.8 Å². The Morgan fingerprint density at radius 2 is 2.00 bits per heavy atom. The molecule has 1 unspecified atom stereocenters. The SMILES string of the molecule is CSc1ccc(C(C)NCCCCC(N)=O)cc1. The van der Waals surface area contributed by atoms with E-state index in [9.17, 15) is 4.79 Å². The van der Waals surface area contributed by atoms with E-state index in [4.69, 9.17) is 5.73 Å². The minimum atomic E-state index is -0.212. The highest BCUT2D eigenvalue weighted by molar-refractivity contribution is 7.98. The molecule has 0 fully saturated rings. The van der Waals surface area contributed by atoms with Crippen LogP contribution in [0.15, 0.2) is 29.2 Å². The van der Waals surface area contributed by atoms with Crippen molar-refractivity contribution in [2.45, 2.75) is 37.1 Å². The van der Waals surface area contributed by atoms with Crippen LogP contribution in [0.1, 0.15) is 37.8 Å². The van der Waals surface area contributed by atoms with Crippen molar-refractivity contribution in [3.8, 4) is 0 Å². The van der Waals surface area contributed by atoms with Crippen molar-refractivity contribution in [2.75, 3.05) is 12.8 Å². The van der Waals surface area contributed by atoms with Crippen LogP contribution < -0.4 is 11.1 Å². The molecule has 1 aromatic rings. The third kappa shape index (κ3) is 5.56. The number of nitrogens with two attached hydrogens (primary N) is 1. The zero-order valence-electron chi connectivity index (χ0n) is 11.1. The van der Waals surface area contributed by atoms with E-state index in [1.165, 1.54) is 10.5 Å². The summed E-state index contributed by atoms with van der Waals surface area (Å²) in [5.41, 5.74) is 6.39. The van der Waals surface area contributed by atoms with Gasteiger partial charge in [-0.2, -0.15) is 0 Å². The summed E-state index contributed by atoms with van der Waals surface area (Å²) in [7, 11) is 0. The number of carbonyl (C=O) groups excluding carboxylic acids is 1. The fourth-order valence-corrected chi connectivity index (χ4v) is 2.16. The van der Waals surface area contributed by atoms with Crippen LogP contribution in [0, 0.1) is 0 Å². The van der Waals surface area contributed by atoms with Gasteiger partial charge in [0.2, 0.25) is 5.91 Å². The number of thioether (sulfide) groups is 1. The molecule has 1 rings (SSSR count). The van der Waals surface area contributed by atoms with E-state index < -0.39 is 0 Å². The molecule has 0 spiro atoms. The molecule has 0 aromatic heterocycles. The number of carbonyl (C=O) groups is 1. The highest BCUT2D eigenvalue weighted by atomic mass is 32.2. The molecule has 0 aliphatic heterocycles. The second-order valence-corrected chi connectivity index (χ2v) is 5.25. The first kappa shape index (κ1) is 15.1. The van der Waals surface area contributed by atoms with Gasteiger partial charge in [0.15, 0.2) is 0 Å². The Balaban J connectivity index is 2.27. The molecule has 18 heavy (non-hydrogen) atoms. The summed E-state index contributed by atoms with van der Waals surface area (Å²) < 4.78 is 0. The van der Waals surface area contributed by atoms with Crippen molar-refractivity contribution < 1.29 is 4.79 Å². The van der Waals surface area contributed by atoms with Crippen molar-refractivity contribution in [1.29, 1.82) is 0 Å². The summed E-state index contributed by atoms with van der Waals surface area (Å²) in [6, 6.07) is 8.95. The smallest absolute Gasteiger partial charge is 0.217 e. The second-order valence-electron chi connectivity index (χ2n) is 4.37. The first-order valence-electron chi connectivity index (χ1n) is 6.29. The molecular formula is C14H22N2OS. The lowest BCUT2D eigenvalue weighted by molar-refractivity contribution is -0.118. The van der Waals surface area contributed by atoms with Gasteiger partial charge in [0.25, 0.3) is 0 Å². The largest absolute Gasteiger partial charge is 0.370 e. The first-order chi connectivity index (χ1) is 8.63. The van der Waals surface area contributed by atoms with Gasteiger partial charge >= 0.3 is 0 Å². The third-order valence-electron chi connectivity index (χ3n) is 2.92. The molecule has 0 saturated carbocycles. The lowest BCUT2D eigenvalue weighted by Crippen LogP contribution is -2.20. The van der Waals surface area contributed by atoms with Gasteiger partial charge in [0.1, 0.15) is 0 Å². The second kappa shape index (κ2) is 8.16. The summed E-state index contributed by atoms with van der Waals surface area (Å²) in [6.45, 7) is 3.07. The molecule has 0 aliphatic carbocycles. The number of nitrogens with one attached hydrogen (secondary N) is 1. The van der Waals surface area contributed by atoms with Gasteiger partial charge in [-0.1, -0.05) is 12.1 Å². The Morgan fingerprint density at radius 3 is 2.56 bits per heavy atom. The molecule has 0 heterocycles. The minimum Gasteiger partial charge on any atom is -0.370 e. The predicted molar refractivity (Wildman–Crippen MR) is 77.7 cm³/mol. The lowest BCUT2D eigenvalue weighted by atomic mass is 10.1. The summed E-state index contributed by atoms with van der Waals surface area (Å²) in [5.74, 6) is -0.212. The molecule has 0 radical (unpaired) electrons. The highest BCUT2D eigenvalue weighted by Crippen LogP contribution is 2.18. The maximum atomic E-state index is 10.6. The Kier molecular flexibility index (Phi) is 6.83. The highest BCUT2D eigenvalue weighted by Gasteiger charge is 2.04. The first-order valence-corrected chi connectivity index (χ1v) is 7.51. The average molecular weight is 266 g/mol. The van der Waals surface area contributed by atoms with Gasteiger partial charge in [-0.15, -0.1) is 11.8 Å². The van der Waals surface area contributed by atoms with E-state index in [-0.39, 0.29) is 5.91 Å². The zero-order chi connectivity index (χ0) is 13.4. The molecule has 100 valence electrons. The van der Waals surface area contributed by atoms with Crippen molar-refractivity contribution in [3.05, 3.63) is 29.8 Å². The maximum Gasteiger partial charge on any atom is 0.217 e. The fraction of sp³-hybridized carbons (Fsp3) is 0.500. The van der Waals surface area contributed by atoms with Crippen LogP contribution in [-0.2, 0) is 4.79 Å². The third-order valence-corrected chi connectivity index (χ3v) is 3.66. The molecular weight excluding hydrogens is 244 g/mol. The molecule has 0 saturated heterocycles. The van der Waals surface area contributed by atoms with Crippen molar-refractivity contribution in [2.24, 2.45) is 5.73 Å². The van der Waals surface area contributed by atoms with Crippen molar-refractivity contribution >= 4 is 17.7 Å². The van der Waals surface area contributed by atoms with E-state index >= 15 is 0 Å². The van der Waals surface area contributed by atoms with Crippen LogP contribution in [0.5, 0.6) is 0 Å². The molecule has 0 aliphatic rings. The van der Waals surface area contributed by atoms with E-state index in [1.54, 1.807) is 11.8 Å². The van der Waals surface area contributed by atoms with Gasteiger partial charge in [-0.3, -0.25) is 4.79 Å². The van der Waals surface area contributed by atoms with E-state index in [1.807, 2.05) is 0 Å². The molecule has 4 heteroatoms. The topological polar surface area (TPSA) is 55.1 Å². The predicted octanol–water partition coefficient (Wildman–Crippen LogP) is 2.71. The monoisotopic (exact) mass is 266 g/mol. The molecule has 0 bridgehead atoms. The number of hydrogen-bond acceptors (Lipinski definition) is 3. The number of amides is 1. The standard InChI is InChI=1S/C14H22N2OS/c1-11(16-10-4-3-5-14(15)17)12-6-8-13(18-2)9-7-12/h6-9,11,16H,3-5,10H2,1-2H3,(H2,15,17). The summed E-state index contributed by atoms with van der Waals surface area (Å²) in [6.07, 6.45) is 4.41. The fourth-order valence-electron chi connectivity index (χ4n) is 1.75. The van der Waals surface area contributed by atoms with Crippen LogP contribution in [0.4, 0.5) is 0 Å². The summed E-state index contributed by atoms with van der Waals surface area (Å²) >= 11 is 1.75. The number of unbranched alkanes of at least 4 members (excludes halogenated alkanes) is 1. The van der Waals surface area contributed by atoms with Crippen LogP contribution in [0.3, 0.4) is 0 Å². The average Bonchev–Trinajstić information content (AvgIpc) is 2.38. The number of primary amides is 1. The molecule has 1 amide bonds. The normalized spacial score (nSPS) is 12.3. The van der Waals surface area contributed by atoms with Crippen LogP contribution in [-0.4, -0.2) is 18.7 Å². The summed E-state index contributed by atoms with van der Waals surface area (Å²) in [5, 5.41) is 3.45.